The van der Waals surface area contributed by atoms with Crippen molar-refractivity contribution in [2.45, 2.75) is 43.3 Å². The van der Waals surface area contributed by atoms with Gasteiger partial charge in [0, 0.05) is 38.3 Å². The van der Waals surface area contributed by atoms with Crippen LogP contribution in [0.25, 0.3) is 0 Å². The van der Waals surface area contributed by atoms with Crippen molar-refractivity contribution in [3.63, 3.8) is 0 Å². The second kappa shape index (κ2) is 10.5. The van der Waals surface area contributed by atoms with Gasteiger partial charge in [-0.15, -0.1) is 0 Å². The van der Waals surface area contributed by atoms with Crippen LogP contribution in [0.4, 0.5) is 18.9 Å². The number of carbonyl (C=O) groups excluding carboxylic acids is 2. The molecule has 3 aliphatic rings. The molecule has 0 aromatic carbocycles. The van der Waals surface area contributed by atoms with Crippen LogP contribution in [0, 0.1) is 11.8 Å². The van der Waals surface area contributed by atoms with E-state index in [0.717, 1.165) is 5.69 Å². The molecule has 0 amide bonds. The number of morpholine rings is 1. The topological polar surface area (TPSA) is 117 Å². The maximum Gasteiger partial charge on any atom is 0.491 e. The van der Waals surface area contributed by atoms with E-state index in [1.54, 1.807) is 30.2 Å². The molecule has 5 heterocycles. The fourth-order valence-corrected chi connectivity index (χ4v) is 4.69. The van der Waals surface area contributed by atoms with Crippen LogP contribution in [-0.2, 0) is 30.8 Å². The molecule has 5 rings (SSSR count). The third kappa shape index (κ3) is 5.56. The standard InChI is InChI=1S/C25H26F3N5O6/c1-15-24(13-36-14-24)37-8-7-33(15)20-9-16(3-4-17-5-6-31-32(17)2)11-30-21(20)38-18-10-19(29-12-18)22(34)39-23(35)25(26,27)28/h5-6,9,11,15,18-19,29H,7-8,10,12-14H2,1-2H3/t15-,18-,19-/m0/s1. The molecule has 0 bridgehead atoms. The highest BCUT2D eigenvalue weighted by atomic mass is 19.4. The minimum atomic E-state index is -5.26. The molecule has 3 aliphatic heterocycles. The number of nitrogens with one attached hydrogen (secondary N) is 1. The summed E-state index contributed by atoms with van der Waals surface area (Å²) in [5, 5.41) is 6.86. The number of aryl methyl sites for hydroxylation is 1. The van der Waals surface area contributed by atoms with Crippen LogP contribution in [-0.4, -0.2) is 89.6 Å². The minimum absolute atomic E-state index is 0.0103. The Labute approximate surface area is 221 Å². The second-order valence-corrected chi connectivity index (χ2v) is 9.56. The maximum atomic E-state index is 12.5. The molecule has 0 aliphatic carbocycles. The van der Waals surface area contributed by atoms with Crippen molar-refractivity contribution < 1.29 is 41.7 Å². The van der Waals surface area contributed by atoms with Crippen LogP contribution in [0.5, 0.6) is 5.88 Å². The molecule has 11 nitrogen and oxygen atoms in total. The van der Waals surface area contributed by atoms with Gasteiger partial charge in [0.2, 0.25) is 5.88 Å². The summed E-state index contributed by atoms with van der Waals surface area (Å²) in [6.07, 6.45) is -2.67. The van der Waals surface area contributed by atoms with Crippen molar-refractivity contribution in [1.29, 1.82) is 0 Å². The first kappa shape index (κ1) is 26.9. The Morgan fingerprint density at radius 1 is 1.28 bits per heavy atom. The number of halogens is 3. The number of alkyl halides is 3. The van der Waals surface area contributed by atoms with E-state index >= 15 is 0 Å². The van der Waals surface area contributed by atoms with Crippen molar-refractivity contribution >= 4 is 17.6 Å². The van der Waals surface area contributed by atoms with Gasteiger partial charge in [0.25, 0.3) is 0 Å². The summed E-state index contributed by atoms with van der Waals surface area (Å²) in [7, 11) is 1.79. The Hall–Kier alpha value is -3.67. The number of esters is 2. The zero-order valence-corrected chi connectivity index (χ0v) is 21.2. The Morgan fingerprint density at radius 2 is 2.08 bits per heavy atom. The first-order valence-electron chi connectivity index (χ1n) is 12.3. The molecule has 0 saturated carbocycles. The highest BCUT2D eigenvalue weighted by Crippen LogP contribution is 2.38. The lowest BCUT2D eigenvalue weighted by Gasteiger charge is -2.53. The van der Waals surface area contributed by atoms with Gasteiger partial charge in [-0.05, 0) is 25.0 Å². The summed E-state index contributed by atoms with van der Waals surface area (Å²) >= 11 is 0. The molecule has 14 heteroatoms. The van der Waals surface area contributed by atoms with Crippen molar-refractivity contribution in [2.24, 2.45) is 7.05 Å². The van der Waals surface area contributed by atoms with Crippen molar-refractivity contribution in [3.05, 3.63) is 35.8 Å². The number of hydrogen-bond acceptors (Lipinski definition) is 10. The van der Waals surface area contributed by atoms with E-state index < -0.39 is 35.9 Å². The summed E-state index contributed by atoms with van der Waals surface area (Å²) in [4.78, 5) is 29.7. The van der Waals surface area contributed by atoms with Crippen LogP contribution in [0.3, 0.4) is 0 Å². The molecule has 3 saturated heterocycles. The third-order valence-electron chi connectivity index (χ3n) is 7.02. The number of pyridine rings is 1. The Kier molecular flexibility index (Phi) is 7.23. The predicted molar refractivity (Wildman–Crippen MR) is 128 cm³/mol. The van der Waals surface area contributed by atoms with Crippen LogP contribution >= 0.6 is 0 Å². The predicted octanol–water partition coefficient (Wildman–Crippen LogP) is 0.950. The van der Waals surface area contributed by atoms with E-state index in [0.29, 0.717) is 37.6 Å². The lowest BCUT2D eigenvalue weighted by atomic mass is 9.90. The van der Waals surface area contributed by atoms with Gasteiger partial charge in [-0.25, -0.2) is 14.6 Å². The second-order valence-electron chi connectivity index (χ2n) is 9.56. The summed E-state index contributed by atoms with van der Waals surface area (Å²) in [6, 6.07) is 2.44. The average molecular weight is 550 g/mol. The highest BCUT2D eigenvalue weighted by molar-refractivity contribution is 5.91. The van der Waals surface area contributed by atoms with E-state index in [9.17, 15) is 22.8 Å². The monoisotopic (exact) mass is 549 g/mol. The Morgan fingerprint density at radius 3 is 2.74 bits per heavy atom. The van der Waals surface area contributed by atoms with Gasteiger partial charge in [-0.3, -0.25) is 4.68 Å². The SMILES string of the molecule is C[C@@H]1N(c2cc(C#Cc3ccnn3C)cnc2O[C@@H]2CN[C@H](C(=O)OC(=O)C(F)(F)F)C2)CCOC12COC2. The van der Waals surface area contributed by atoms with Gasteiger partial charge in [0.15, 0.2) is 0 Å². The molecule has 0 radical (unpaired) electrons. The lowest BCUT2D eigenvalue weighted by Crippen LogP contribution is -2.68. The first-order valence-corrected chi connectivity index (χ1v) is 12.3. The Bertz CT molecular complexity index is 1320. The summed E-state index contributed by atoms with van der Waals surface area (Å²) in [5.41, 5.74) is 1.56. The minimum Gasteiger partial charge on any atom is -0.471 e. The number of anilines is 1. The molecule has 1 N–H and O–H groups in total. The van der Waals surface area contributed by atoms with E-state index in [1.807, 2.05) is 13.0 Å². The molecule has 0 unspecified atom stereocenters. The van der Waals surface area contributed by atoms with E-state index in [4.69, 9.17) is 14.2 Å². The largest absolute Gasteiger partial charge is 0.491 e. The van der Waals surface area contributed by atoms with Crippen molar-refractivity contribution in [1.82, 2.24) is 20.1 Å². The number of carbonyl (C=O) groups is 2. The summed E-state index contributed by atoms with van der Waals surface area (Å²) in [6.45, 7) is 4.10. The zero-order chi connectivity index (χ0) is 27.8. The molecule has 2 aromatic heterocycles. The number of ether oxygens (including phenoxy) is 4. The molecular formula is C25H26F3N5O6. The fourth-order valence-electron chi connectivity index (χ4n) is 4.69. The van der Waals surface area contributed by atoms with Crippen molar-refractivity contribution in [2.75, 3.05) is 37.8 Å². The van der Waals surface area contributed by atoms with Gasteiger partial charge in [-0.1, -0.05) is 5.92 Å². The van der Waals surface area contributed by atoms with Crippen LogP contribution in [0.2, 0.25) is 0 Å². The smallest absolute Gasteiger partial charge is 0.471 e. The normalized spacial score (nSPS) is 24.0. The highest BCUT2D eigenvalue weighted by Gasteiger charge is 2.50. The lowest BCUT2D eigenvalue weighted by molar-refractivity contribution is -0.228. The maximum absolute atomic E-state index is 12.5. The van der Waals surface area contributed by atoms with Gasteiger partial charge in [0.05, 0.1) is 32.1 Å². The van der Waals surface area contributed by atoms with Crippen LogP contribution < -0.4 is 15.0 Å². The molecule has 2 aromatic rings. The third-order valence-corrected chi connectivity index (χ3v) is 7.02. The van der Waals surface area contributed by atoms with Crippen LogP contribution in [0.15, 0.2) is 24.5 Å². The van der Waals surface area contributed by atoms with E-state index in [-0.39, 0.29) is 24.9 Å². The average Bonchev–Trinajstić information content (AvgIpc) is 3.51. The zero-order valence-electron chi connectivity index (χ0n) is 21.2. The van der Waals surface area contributed by atoms with Gasteiger partial charge < -0.3 is 29.2 Å². The number of nitrogens with zero attached hydrogens (tertiary/aromatic N) is 4. The Balaban J connectivity index is 1.36. The fraction of sp³-hybridized carbons (Fsp3) is 0.520. The van der Waals surface area contributed by atoms with Crippen LogP contribution in [0.1, 0.15) is 24.6 Å². The van der Waals surface area contributed by atoms with Crippen molar-refractivity contribution in [3.8, 4) is 17.7 Å². The molecular weight excluding hydrogens is 523 g/mol. The molecule has 1 spiro atoms. The van der Waals surface area contributed by atoms with Gasteiger partial charge >= 0.3 is 18.1 Å². The molecule has 3 atom stereocenters. The molecule has 3 fully saturated rings. The van der Waals surface area contributed by atoms with Gasteiger partial charge in [-0.2, -0.15) is 18.3 Å². The first-order chi connectivity index (χ1) is 18.6. The summed E-state index contributed by atoms with van der Waals surface area (Å²) in [5.74, 6) is 2.57. The molecule has 208 valence electrons. The number of hydrogen-bond donors (Lipinski definition) is 1. The number of rotatable bonds is 4. The van der Waals surface area contributed by atoms with E-state index in [2.05, 4.69) is 36.9 Å². The quantitative estimate of drug-likeness (QED) is 0.336. The van der Waals surface area contributed by atoms with Gasteiger partial charge in [0.1, 0.15) is 29.1 Å². The summed E-state index contributed by atoms with van der Waals surface area (Å²) < 4.78 is 60.6. The molecule has 39 heavy (non-hydrogen) atoms. The van der Waals surface area contributed by atoms with E-state index in [1.165, 1.54) is 0 Å². The number of aromatic nitrogens is 3.